The molecule has 0 aliphatic rings. The fraction of sp³-hybridized carbons (Fsp3) is 0.500. The van der Waals surface area contributed by atoms with E-state index in [0.717, 1.165) is 5.56 Å². The summed E-state index contributed by atoms with van der Waals surface area (Å²) in [7, 11) is 0. The first-order valence-electron chi connectivity index (χ1n) is 6.30. The van der Waals surface area contributed by atoms with Gasteiger partial charge in [-0.05, 0) is 51.4 Å². The first-order valence-corrected chi connectivity index (χ1v) is 6.30. The van der Waals surface area contributed by atoms with Crippen LogP contribution in [-0.2, 0) is 4.74 Å². The van der Waals surface area contributed by atoms with E-state index in [4.69, 9.17) is 10.5 Å². The molecule has 5 nitrogen and oxygen atoms in total. The second-order valence-corrected chi connectivity index (χ2v) is 5.35. The molecule has 0 saturated heterocycles. The Hall–Kier alpha value is -1.59. The first-order chi connectivity index (χ1) is 8.81. The highest BCUT2D eigenvalue weighted by atomic mass is 16.6. The van der Waals surface area contributed by atoms with Gasteiger partial charge in [0.05, 0.1) is 6.10 Å². The molecule has 1 amide bonds. The van der Waals surface area contributed by atoms with Crippen molar-refractivity contribution < 1.29 is 14.6 Å². The van der Waals surface area contributed by atoms with Crippen LogP contribution in [0.3, 0.4) is 0 Å². The van der Waals surface area contributed by atoms with Crippen LogP contribution in [0.1, 0.15) is 38.9 Å². The van der Waals surface area contributed by atoms with E-state index in [9.17, 15) is 9.90 Å². The van der Waals surface area contributed by atoms with E-state index in [0.29, 0.717) is 18.7 Å². The Morgan fingerprint density at radius 2 is 2.16 bits per heavy atom. The van der Waals surface area contributed by atoms with Gasteiger partial charge >= 0.3 is 6.09 Å². The molecule has 0 bridgehead atoms. The molecule has 0 aliphatic heterocycles. The number of amides is 1. The molecule has 106 valence electrons. The number of hydrogen-bond donors (Lipinski definition) is 3. The van der Waals surface area contributed by atoms with Crippen molar-refractivity contribution in [3.05, 3.63) is 29.8 Å². The normalized spacial score (nSPS) is 12.9. The van der Waals surface area contributed by atoms with Crippen LogP contribution >= 0.6 is 0 Å². The molecule has 0 radical (unpaired) electrons. The average molecular weight is 266 g/mol. The van der Waals surface area contributed by atoms with E-state index >= 15 is 0 Å². The molecule has 1 atom stereocenters. The number of aliphatic hydroxyl groups is 1. The lowest BCUT2D eigenvalue weighted by atomic mass is 10.1. The van der Waals surface area contributed by atoms with Crippen LogP contribution in [0, 0.1) is 0 Å². The molecule has 0 unspecified atom stereocenters. The number of aliphatic hydroxyl groups excluding tert-OH is 1. The predicted molar refractivity (Wildman–Crippen MR) is 74.9 cm³/mol. The van der Waals surface area contributed by atoms with Crippen molar-refractivity contribution >= 4 is 11.8 Å². The van der Waals surface area contributed by atoms with Crippen LogP contribution in [0.4, 0.5) is 10.5 Å². The molecule has 1 rings (SSSR count). The molecule has 0 aromatic heterocycles. The van der Waals surface area contributed by atoms with Gasteiger partial charge in [-0.1, -0.05) is 12.1 Å². The van der Waals surface area contributed by atoms with Gasteiger partial charge in [-0.25, -0.2) is 4.79 Å². The molecular formula is C14H22N2O3. The Morgan fingerprint density at radius 1 is 1.47 bits per heavy atom. The van der Waals surface area contributed by atoms with Gasteiger partial charge in [0.15, 0.2) is 0 Å². The van der Waals surface area contributed by atoms with Crippen LogP contribution in [0.5, 0.6) is 0 Å². The van der Waals surface area contributed by atoms with Crippen molar-refractivity contribution in [2.45, 2.75) is 38.9 Å². The Labute approximate surface area is 113 Å². The maximum Gasteiger partial charge on any atom is 0.412 e. The fourth-order valence-electron chi connectivity index (χ4n) is 1.57. The first kappa shape index (κ1) is 15.5. The SMILES string of the molecule is CC(C)(C)OC(=O)Nc1cccc([C@H](O)CCN)c1. The summed E-state index contributed by atoms with van der Waals surface area (Å²) in [5, 5.41) is 12.5. The van der Waals surface area contributed by atoms with Gasteiger partial charge in [0.1, 0.15) is 5.60 Å². The van der Waals surface area contributed by atoms with Gasteiger partial charge in [0.25, 0.3) is 0 Å². The Balaban J connectivity index is 2.69. The molecule has 19 heavy (non-hydrogen) atoms. The number of rotatable bonds is 4. The van der Waals surface area contributed by atoms with Crippen LogP contribution in [-0.4, -0.2) is 23.3 Å². The third-order valence-electron chi connectivity index (χ3n) is 2.36. The minimum absolute atomic E-state index is 0.408. The van der Waals surface area contributed by atoms with Crippen molar-refractivity contribution in [1.29, 1.82) is 0 Å². The zero-order chi connectivity index (χ0) is 14.5. The van der Waals surface area contributed by atoms with Crippen molar-refractivity contribution in [3.63, 3.8) is 0 Å². The highest BCUT2D eigenvalue weighted by Gasteiger charge is 2.16. The monoisotopic (exact) mass is 266 g/mol. The maximum atomic E-state index is 11.6. The summed E-state index contributed by atoms with van der Waals surface area (Å²) < 4.78 is 5.16. The molecule has 1 aromatic rings. The van der Waals surface area contributed by atoms with E-state index < -0.39 is 17.8 Å². The second-order valence-electron chi connectivity index (χ2n) is 5.35. The molecule has 1 aromatic carbocycles. The fourth-order valence-corrected chi connectivity index (χ4v) is 1.57. The van der Waals surface area contributed by atoms with Crippen molar-refractivity contribution in [1.82, 2.24) is 0 Å². The van der Waals surface area contributed by atoms with E-state index in [1.54, 1.807) is 45.0 Å². The number of anilines is 1. The number of carbonyl (C=O) groups is 1. The summed E-state index contributed by atoms with van der Waals surface area (Å²) in [4.78, 5) is 11.6. The summed E-state index contributed by atoms with van der Waals surface area (Å²) >= 11 is 0. The van der Waals surface area contributed by atoms with Crippen molar-refractivity contribution in [2.24, 2.45) is 5.73 Å². The Morgan fingerprint density at radius 3 is 2.74 bits per heavy atom. The smallest absolute Gasteiger partial charge is 0.412 e. The number of nitrogens with two attached hydrogens (primary N) is 1. The number of nitrogens with one attached hydrogen (secondary N) is 1. The van der Waals surface area contributed by atoms with E-state index in [2.05, 4.69) is 5.32 Å². The molecule has 5 heteroatoms. The van der Waals surface area contributed by atoms with Crippen LogP contribution in [0.15, 0.2) is 24.3 Å². The van der Waals surface area contributed by atoms with Crippen molar-refractivity contribution in [2.75, 3.05) is 11.9 Å². The minimum atomic E-state index is -0.620. The van der Waals surface area contributed by atoms with Crippen LogP contribution < -0.4 is 11.1 Å². The third kappa shape index (κ3) is 5.72. The zero-order valence-electron chi connectivity index (χ0n) is 11.6. The topological polar surface area (TPSA) is 84.6 Å². The lowest BCUT2D eigenvalue weighted by Crippen LogP contribution is -2.27. The highest BCUT2D eigenvalue weighted by Crippen LogP contribution is 2.20. The Kier molecular flexibility index (Phi) is 5.32. The molecule has 0 spiro atoms. The summed E-state index contributed by atoms with van der Waals surface area (Å²) in [6.45, 7) is 5.81. The molecular weight excluding hydrogens is 244 g/mol. The second kappa shape index (κ2) is 6.54. The quantitative estimate of drug-likeness (QED) is 0.781. The average Bonchev–Trinajstić information content (AvgIpc) is 2.27. The maximum absolute atomic E-state index is 11.6. The molecule has 0 fully saturated rings. The zero-order valence-corrected chi connectivity index (χ0v) is 11.6. The third-order valence-corrected chi connectivity index (χ3v) is 2.36. The van der Waals surface area contributed by atoms with Gasteiger partial charge in [-0.3, -0.25) is 5.32 Å². The largest absolute Gasteiger partial charge is 0.444 e. The lowest BCUT2D eigenvalue weighted by Gasteiger charge is -2.20. The highest BCUT2D eigenvalue weighted by molar-refractivity contribution is 5.84. The van der Waals surface area contributed by atoms with Gasteiger partial charge in [-0.2, -0.15) is 0 Å². The molecule has 0 heterocycles. The molecule has 4 N–H and O–H groups in total. The molecule has 0 saturated carbocycles. The van der Waals surface area contributed by atoms with Crippen molar-refractivity contribution in [3.8, 4) is 0 Å². The van der Waals surface area contributed by atoms with Gasteiger partial charge in [0, 0.05) is 5.69 Å². The summed E-state index contributed by atoms with van der Waals surface area (Å²) in [6.07, 6.45) is -0.654. The number of hydrogen-bond acceptors (Lipinski definition) is 4. The molecule has 0 aliphatic carbocycles. The predicted octanol–water partition coefficient (Wildman–Crippen LogP) is 2.42. The number of carbonyl (C=O) groups excluding carboxylic acids is 1. The van der Waals surface area contributed by atoms with E-state index in [1.165, 1.54) is 0 Å². The van der Waals surface area contributed by atoms with Gasteiger partial charge < -0.3 is 15.6 Å². The van der Waals surface area contributed by atoms with Gasteiger partial charge in [-0.15, -0.1) is 0 Å². The standard InChI is InChI=1S/C14H22N2O3/c1-14(2,3)19-13(18)16-11-6-4-5-10(9-11)12(17)7-8-15/h4-6,9,12,17H,7-8,15H2,1-3H3,(H,16,18)/t12-/m1/s1. The number of benzene rings is 1. The minimum Gasteiger partial charge on any atom is -0.444 e. The van der Waals surface area contributed by atoms with E-state index in [-0.39, 0.29) is 0 Å². The summed E-state index contributed by atoms with van der Waals surface area (Å²) in [6, 6.07) is 7.01. The number of ether oxygens (including phenoxy) is 1. The summed E-state index contributed by atoms with van der Waals surface area (Å²) in [5.41, 5.74) is 6.17. The van der Waals surface area contributed by atoms with Crippen LogP contribution in [0.25, 0.3) is 0 Å². The van der Waals surface area contributed by atoms with Gasteiger partial charge in [0.2, 0.25) is 0 Å². The van der Waals surface area contributed by atoms with Crippen LogP contribution in [0.2, 0.25) is 0 Å². The Bertz CT molecular complexity index is 427. The lowest BCUT2D eigenvalue weighted by molar-refractivity contribution is 0.0636. The van der Waals surface area contributed by atoms with E-state index in [1.807, 2.05) is 0 Å². The summed E-state index contributed by atoms with van der Waals surface area (Å²) in [5.74, 6) is 0.